The number of ether oxygens (including phenoxy) is 2. The summed E-state index contributed by atoms with van der Waals surface area (Å²) in [5, 5.41) is 2.70. The van der Waals surface area contributed by atoms with Crippen LogP contribution in [0.15, 0.2) is 12.2 Å². The standard InChI is InChI=1S/C11H17NO4/c1-3-5-8-9(16-11(14)12-8)6-7-10(13)15-4-2/h6-9H,3-5H2,1-2H3,(H,12,14)/b7-6+/t8-,9-/m1/s1. The van der Waals surface area contributed by atoms with Gasteiger partial charge in [0.25, 0.3) is 0 Å². The Hall–Kier alpha value is -1.52. The molecule has 0 aromatic heterocycles. The highest BCUT2D eigenvalue weighted by atomic mass is 16.6. The monoisotopic (exact) mass is 227 g/mol. The third kappa shape index (κ3) is 3.56. The highest BCUT2D eigenvalue weighted by Gasteiger charge is 2.31. The Morgan fingerprint density at radius 2 is 2.31 bits per heavy atom. The molecule has 1 fully saturated rings. The first-order valence-corrected chi connectivity index (χ1v) is 5.49. The zero-order valence-electron chi connectivity index (χ0n) is 9.56. The number of rotatable bonds is 5. The highest BCUT2D eigenvalue weighted by Crippen LogP contribution is 2.14. The molecule has 0 aromatic rings. The van der Waals surface area contributed by atoms with E-state index in [9.17, 15) is 9.59 Å². The topological polar surface area (TPSA) is 64.6 Å². The maximum Gasteiger partial charge on any atom is 0.408 e. The van der Waals surface area contributed by atoms with E-state index in [4.69, 9.17) is 9.47 Å². The summed E-state index contributed by atoms with van der Waals surface area (Å²) in [4.78, 5) is 22.1. The molecule has 90 valence electrons. The quantitative estimate of drug-likeness (QED) is 0.569. The van der Waals surface area contributed by atoms with Crippen molar-refractivity contribution >= 4 is 12.1 Å². The summed E-state index contributed by atoms with van der Waals surface area (Å²) >= 11 is 0. The minimum atomic E-state index is -0.433. The average Bonchev–Trinajstić information content (AvgIpc) is 2.57. The van der Waals surface area contributed by atoms with Gasteiger partial charge in [0, 0.05) is 6.08 Å². The molecule has 1 rings (SSSR count). The molecule has 1 aliphatic rings. The first-order valence-electron chi connectivity index (χ1n) is 5.49. The van der Waals surface area contributed by atoms with Crippen LogP contribution in [0.1, 0.15) is 26.7 Å². The van der Waals surface area contributed by atoms with Crippen LogP contribution in [0.2, 0.25) is 0 Å². The summed E-state index contributed by atoms with van der Waals surface area (Å²) in [6.07, 6.45) is 3.82. The van der Waals surface area contributed by atoms with Crippen molar-refractivity contribution in [1.82, 2.24) is 5.32 Å². The van der Waals surface area contributed by atoms with E-state index >= 15 is 0 Å². The number of amides is 1. The summed E-state index contributed by atoms with van der Waals surface area (Å²) in [5.74, 6) is -0.416. The lowest BCUT2D eigenvalue weighted by atomic mass is 10.1. The van der Waals surface area contributed by atoms with Gasteiger partial charge in [-0.1, -0.05) is 13.3 Å². The lowest BCUT2D eigenvalue weighted by molar-refractivity contribution is -0.137. The van der Waals surface area contributed by atoms with Crippen LogP contribution in [0, 0.1) is 0 Å². The first kappa shape index (κ1) is 12.5. The molecule has 1 saturated heterocycles. The molecular formula is C11H17NO4. The zero-order chi connectivity index (χ0) is 12.0. The molecule has 16 heavy (non-hydrogen) atoms. The fourth-order valence-electron chi connectivity index (χ4n) is 1.56. The minimum Gasteiger partial charge on any atom is -0.463 e. The van der Waals surface area contributed by atoms with Crippen LogP contribution in [-0.2, 0) is 14.3 Å². The molecule has 1 amide bonds. The summed E-state index contributed by atoms with van der Waals surface area (Å²) in [7, 11) is 0. The third-order valence-corrected chi connectivity index (χ3v) is 2.25. The molecule has 5 heteroatoms. The van der Waals surface area contributed by atoms with Crippen LogP contribution in [0.4, 0.5) is 4.79 Å². The lowest BCUT2D eigenvalue weighted by Gasteiger charge is -2.11. The van der Waals surface area contributed by atoms with Gasteiger partial charge in [-0.3, -0.25) is 0 Å². The lowest BCUT2D eigenvalue weighted by Crippen LogP contribution is -2.30. The Balaban J connectivity index is 2.51. The maximum absolute atomic E-state index is 11.1. The second-order valence-electron chi connectivity index (χ2n) is 3.52. The highest BCUT2D eigenvalue weighted by molar-refractivity contribution is 5.82. The van der Waals surface area contributed by atoms with E-state index in [0.29, 0.717) is 6.61 Å². The molecule has 2 atom stereocenters. The van der Waals surface area contributed by atoms with Crippen molar-refractivity contribution in [1.29, 1.82) is 0 Å². The molecule has 1 N–H and O–H groups in total. The van der Waals surface area contributed by atoms with Crippen LogP contribution in [0.5, 0.6) is 0 Å². The van der Waals surface area contributed by atoms with Crippen LogP contribution < -0.4 is 5.32 Å². The maximum atomic E-state index is 11.1. The molecular weight excluding hydrogens is 210 g/mol. The van der Waals surface area contributed by atoms with Gasteiger partial charge in [-0.2, -0.15) is 0 Å². The van der Waals surface area contributed by atoms with Crippen LogP contribution in [-0.4, -0.2) is 30.8 Å². The van der Waals surface area contributed by atoms with Crippen LogP contribution in [0.25, 0.3) is 0 Å². The number of esters is 1. The van der Waals surface area contributed by atoms with Crippen molar-refractivity contribution in [2.24, 2.45) is 0 Å². The first-order chi connectivity index (χ1) is 7.67. The zero-order valence-corrected chi connectivity index (χ0v) is 9.56. The summed E-state index contributed by atoms with van der Waals surface area (Å²) in [6.45, 7) is 4.10. The number of cyclic esters (lactones) is 1. The van der Waals surface area contributed by atoms with Crippen molar-refractivity contribution in [3.63, 3.8) is 0 Å². The van der Waals surface area contributed by atoms with Gasteiger partial charge in [-0.25, -0.2) is 9.59 Å². The summed E-state index contributed by atoms with van der Waals surface area (Å²) in [5.41, 5.74) is 0. The number of hydrogen-bond acceptors (Lipinski definition) is 4. The van der Waals surface area contributed by atoms with Gasteiger partial charge < -0.3 is 14.8 Å². The molecule has 0 bridgehead atoms. The van der Waals surface area contributed by atoms with Crippen LogP contribution >= 0.6 is 0 Å². The Morgan fingerprint density at radius 1 is 1.56 bits per heavy atom. The Labute approximate surface area is 94.8 Å². The second kappa shape index (κ2) is 6.15. The van der Waals surface area contributed by atoms with E-state index in [2.05, 4.69) is 5.32 Å². The number of alkyl carbamates (subject to hydrolysis) is 1. The average molecular weight is 227 g/mol. The van der Waals surface area contributed by atoms with E-state index in [0.717, 1.165) is 12.8 Å². The molecule has 0 aliphatic carbocycles. The van der Waals surface area contributed by atoms with Crippen molar-refractivity contribution in [2.45, 2.75) is 38.8 Å². The minimum absolute atomic E-state index is 0.0526. The van der Waals surface area contributed by atoms with Gasteiger partial charge in [-0.05, 0) is 19.4 Å². The fourth-order valence-corrected chi connectivity index (χ4v) is 1.56. The molecule has 0 saturated carbocycles. The van der Waals surface area contributed by atoms with E-state index in [1.165, 1.54) is 6.08 Å². The Bertz CT molecular complexity index is 288. The van der Waals surface area contributed by atoms with Gasteiger partial charge in [0.15, 0.2) is 0 Å². The van der Waals surface area contributed by atoms with Crippen molar-refractivity contribution in [3.05, 3.63) is 12.2 Å². The fraction of sp³-hybridized carbons (Fsp3) is 0.636. The predicted molar refractivity (Wildman–Crippen MR) is 57.9 cm³/mol. The number of carbonyl (C=O) groups excluding carboxylic acids is 2. The number of carbonyl (C=O) groups is 2. The Morgan fingerprint density at radius 3 is 2.94 bits per heavy atom. The predicted octanol–water partition coefficient (Wildman–Crippen LogP) is 1.38. The van der Waals surface area contributed by atoms with E-state index in [1.54, 1.807) is 13.0 Å². The van der Waals surface area contributed by atoms with E-state index in [-0.39, 0.29) is 12.1 Å². The van der Waals surface area contributed by atoms with Crippen LogP contribution in [0.3, 0.4) is 0 Å². The van der Waals surface area contributed by atoms with Crippen molar-refractivity contribution in [3.8, 4) is 0 Å². The summed E-state index contributed by atoms with van der Waals surface area (Å²) in [6, 6.07) is -0.0526. The molecule has 5 nitrogen and oxygen atoms in total. The number of nitrogens with one attached hydrogen (secondary N) is 1. The third-order valence-electron chi connectivity index (χ3n) is 2.25. The molecule has 1 aliphatic heterocycles. The van der Waals surface area contributed by atoms with Crippen molar-refractivity contribution in [2.75, 3.05) is 6.61 Å². The molecule has 0 radical (unpaired) electrons. The van der Waals surface area contributed by atoms with E-state index in [1.807, 2.05) is 6.92 Å². The largest absolute Gasteiger partial charge is 0.463 e. The van der Waals surface area contributed by atoms with Gasteiger partial charge in [0.1, 0.15) is 6.10 Å². The summed E-state index contributed by atoms with van der Waals surface area (Å²) < 4.78 is 9.75. The smallest absolute Gasteiger partial charge is 0.408 e. The molecule has 0 spiro atoms. The molecule has 0 unspecified atom stereocenters. The van der Waals surface area contributed by atoms with Gasteiger partial charge >= 0.3 is 12.1 Å². The SMILES string of the molecule is CCC[C@H]1NC(=O)O[C@@H]1/C=C/C(=O)OCC. The van der Waals surface area contributed by atoms with Gasteiger partial charge in [0.2, 0.25) is 0 Å². The second-order valence-corrected chi connectivity index (χ2v) is 3.52. The number of hydrogen-bond donors (Lipinski definition) is 1. The van der Waals surface area contributed by atoms with Gasteiger partial charge in [0.05, 0.1) is 12.6 Å². The molecule has 1 heterocycles. The Kier molecular flexibility index (Phi) is 4.82. The van der Waals surface area contributed by atoms with Crippen molar-refractivity contribution < 1.29 is 19.1 Å². The van der Waals surface area contributed by atoms with Gasteiger partial charge in [-0.15, -0.1) is 0 Å². The normalized spacial score (nSPS) is 24.2. The molecule has 0 aromatic carbocycles. The van der Waals surface area contributed by atoms with E-state index < -0.39 is 12.1 Å².